The third-order valence-corrected chi connectivity index (χ3v) is 2.72. The quantitative estimate of drug-likeness (QED) is 0.340. The second-order valence-corrected chi connectivity index (χ2v) is 3.66. The van der Waals surface area contributed by atoms with Gasteiger partial charge in [-0.2, -0.15) is 0 Å². The Bertz CT molecular complexity index is 458. The van der Waals surface area contributed by atoms with Crippen LogP contribution >= 0.6 is 23.1 Å². The summed E-state index contributed by atoms with van der Waals surface area (Å²) in [4.78, 5) is 0. The van der Waals surface area contributed by atoms with Crippen molar-refractivity contribution in [2.45, 2.75) is 0 Å². The van der Waals surface area contributed by atoms with Gasteiger partial charge in [0.15, 0.2) is 0 Å². The van der Waals surface area contributed by atoms with Gasteiger partial charge >= 0.3 is 0 Å². The first-order valence-electron chi connectivity index (χ1n) is 3.12. The maximum absolute atomic E-state index is 3.88. The van der Waals surface area contributed by atoms with Gasteiger partial charge in [0, 0.05) is 62.2 Å². The minimum atomic E-state index is 0. The molecule has 0 amide bonds. The minimum absolute atomic E-state index is 0. The maximum Gasteiger partial charge on any atom is 0 e. The van der Waals surface area contributed by atoms with Crippen molar-refractivity contribution in [3.05, 3.63) is 12.1 Å². The van der Waals surface area contributed by atoms with Crippen molar-refractivity contribution < 1.29 is 62.2 Å². The van der Waals surface area contributed by atoms with Crippen molar-refractivity contribution in [3.63, 3.8) is 0 Å². The van der Waals surface area contributed by atoms with Crippen molar-refractivity contribution in [1.82, 2.24) is 19.2 Å². The van der Waals surface area contributed by atoms with E-state index in [2.05, 4.69) is 31.3 Å². The largest absolute Gasteiger partial charge is 0.269 e. The molecule has 2 heterocycles. The monoisotopic (exact) mass is 668 g/mol. The topological polar surface area (TPSA) is 51.6 Å². The van der Waals surface area contributed by atoms with E-state index in [-0.39, 0.29) is 62.2 Å². The average molecular weight is 668 g/mol. The summed E-state index contributed by atoms with van der Waals surface area (Å²) in [6.07, 6.45) is 0. The number of benzene rings is 1. The van der Waals surface area contributed by atoms with Crippen LogP contribution in [0.3, 0.4) is 0 Å². The molecule has 0 aliphatic carbocycles. The Morgan fingerprint density at radius 1 is 0.786 bits per heavy atom. The van der Waals surface area contributed by atoms with Crippen molar-refractivity contribution >= 4 is 43.5 Å². The van der Waals surface area contributed by atoms with Crippen molar-refractivity contribution in [2.24, 2.45) is 0 Å². The normalized spacial score (nSPS) is 9.71. The molecular weight excluding hydrogens is 668 g/mol. The fourth-order valence-corrected chi connectivity index (χ4v) is 1.97. The van der Waals surface area contributed by atoms with Crippen LogP contribution in [0.25, 0.3) is 20.4 Å². The first-order chi connectivity index (χ1) is 5.93. The summed E-state index contributed by atoms with van der Waals surface area (Å²) >= 11 is 2.59. The Kier molecular flexibility index (Phi) is 4.97. The van der Waals surface area contributed by atoms with Crippen molar-refractivity contribution in [2.75, 3.05) is 0 Å². The number of hydrogen-bond acceptors (Lipinski definition) is 6. The molecule has 66 valence electrons. The Morgan fingerprint density at radius 2 is 1.21 bits per heavy atom. The zero-order valence-corrected chi connectivity index (χ0v) is 16.6. The number of hydrogen-bond donors (Lipinski definition) is 0. The zero-order valence-electron chi connectivity index (χ0n) is 6.61. The summed E-state index contributed by atoms with van der Waals surface area (Å²) < 4.78 is 9.35. The molecule has 0 bridgehead atoms. The summed E-state index contributed by atoms with van der Waals surface area (Å²) in [5.74, 6) is 0. The number of fused-ring (bicyclic) bond motifs is 2. The van der Waals surface area contributed by atoms with Crippen molar-refractivity contribution in [3.8, 4) is 0 Å². The van der Waals surface area contributed by atoms with E-state index < -0.39 is 0 Å². The molecule has 2 aromatic heterocycles. The summed E-state index contributed by atoms with van der Waals surface area (Å²) in [6, 6.07) is 6.14. The predicted octanol–water partition coefficient (Wildman–Crippen LogP) is 1.30. The summed E-state index contributed by atoms with van der Waals surface area (Å²) in [5, 5.41) is 7.76. The van der Waals surface area contributed by atoms with Crippen LogP contribution in [0.5, 0.6) is 0 Å². The SMILES string of the molecule is [U].[U].[c-]1c2nnsc2[c-]c2nnsc12. The third kappa shape index (κ3) is 2.21. The van der Waals surface area contributed by atoms with Crippen LogP contribution in [0.15, 0.2) is 0 Å². The minimum Gasteiger partial charge on any atom is -0.269 e. The molecule has 14 heavy (non-hydrogen) atoms. The van der Waals surface area contributed by atoms with Crippen molar-refractivity contribution in [1.29, 1.82) is 0 Å². The molecule has 0 saturated carbocycles. The number of aromatic nitrogens is 4. The van der Waals surface area contributed by atoms with Gasteiger partial charge in [-0.05, 0) is 0 Å². The van der Waals surface area contributed by atoms with Crippen LogP contribution in [0.4, 0.5) is 0 Å². The average Bonchev–Trinajstić information content (AvgIpc) is 2.64. The Hall–Kier alpha value is 0.964. The first-order valence-corrected chi connectivity index (χ1v) is 4.67. The van der Waals surface area contributed by atoms with Gasteiger partial charge in [-0.15, -0.1) is 52.5 Å². The smallest absolute Gasteiger partial charge is 0 e. The van der Waals surface area contributed by atoms with Crippen LogP contribution in [-0.4, -0.2) is 19.2 Å². The maximum atomic E-state index is 3.88. The fourth-order valence-electron chi connectivity index (χ4n) is 0.924. The molecule has 0 aliphatic heterocycles. The molecule has 0 unspecified atom stereocenters. The van der Waals surface area contributed by atoms with Gasteiger partial charge in [0.1, 0.15) is 0 Å². The second kappa shape index (κ2) is 5.34. The molecule has 3 rings (SSSR count). The van der Waals surface area contributed by atoms with Crippen LogP contribution in [-0.2, 0) is 0 Å². The molecule has 0 saturated heterocycles. The van der Waals surface area contributed by atoms with Gasteiger partial charge in [-0.1, -0.05) is 0 Å². The van der Waals surface area contributed by atoms with Crippen LogP contribution in [0.2, 0.25) is 0 Å². The molecule has 0 atom stereocenters. The molecule has 3 aromatic rings. The molecule has 0 spiro atoms. The van der Waals surface area contributed by atoms with Crippen LogP contribution in [0, 0.1) is 74.4 Å². The molecule has 0 N–H and O–H groups in total. The molecule has 0 fully saturated rings. The van der Waals surface area contributed by atoms with Gasteiger partial charge in [0.2, 0.25) is 0 Å². The molecule has 1 aromatic carbocycles. The first kappa shape index (κ1) is 13.0. The van der Waals surface area contributed by atoms with E-state index in [0.717, 1.165) is 20.4 Å². The number of rotatable bonds is 0. The van der Waals surface area contributed by atoms with Crippen LogP contribution < -0.4 is 0 Å². The second-order valence-electron chi connectivity index (χ2n) is 2.15. The predicted molar refractivity (Wildman–Crippen MR) is 46.1 cm³/mol. The van der Waals surface area contributed by atoms with Gasteiger partial charge in [0.05, 0.1) is 0 Å². The fraction of sp³-hybridized carbons (Fsp3) is 0. The van der Waals surface area contributed by atoms with Gasteiger partial charge < -0.3 is 0 Å². The van der Waals surface area contributed by atoms with E-state index in [9.17, 15) is 0 Å². The van der Waals surface area contributed by atoms with E-state index in [0.29, 0.717) is 0 Å². The van der Waals surface area contributed by atoms with Gasteiger partial charge in [-0.3, -0.25) is 12.1 Å². The molecule has 0 aliphatic rings. The molecule has 8 heteroatoms. The zero-order chi connectivity index (χ0) is 7.97. The van der Waals surface area contributed by atoms with Gasteiger partial charge in [-0.25, -0.2) is 10.2 Å². The summed E-state index contributed by atoms with van der Waals surface area (Å²) in [7, 11) is 0. The summed E-state index contributed by atoms with van der Waals surface area (Å²) in [5.41, 5.74) is 1.50. The third-order valence-electron chi connectivity index (χ3n) is 1.44. The van der Waals surface area contributed by atoms with E-state index in [1.807, 2.05) is 0 Å². The van der Waals surface area contributed by atoms with Gasteiger partial charge in [0.25, 0.3) is 0 Å². The van der Waals surface area contributed by atoms with E-state index in [1.54, 1.807) is 0 Å². The number of nitrogens with zero attached hydrogens (tertiary/aromatic N) is 4. The van der Waals surface area contributed by atoms with E-state index in [1.165, 1.54) is 23.1 Å². The summed E-state index contributed by atoms with van der Waals surface area (Å²) in [6.45, 7) is 0. The Balaban J connectivity index is 0.000000490. The molecule has 0 radical (unpaired) electrons. The molecular formula is C6N4S2U2-2. The van der Waals surface area contributed by atoms with E-state index in [4.69, 9.17) is 0 Å². The van der Waals surface area contributed by atoms with Crippen LogP contribution in [0.1, 0.15) is 0 Å². The van der Waals surface area contributed by atoms with E-state index >= 15 is 0 Å². The Morgan fingerprint density at radius 3 is 1.64 bits per heavy atom. The molecule has 4 nitrogen and oxygen atoms in total. The Labute approximate surface area is 135 Å². The standard InChI is InChI=1S/C6N4S2.2U/c1-3-6(12-9-7-3)2-4-5(1)11-10-8-4;;/q-2;;.